The Kier molecular flexibility index (Phi) is 3.96. The van der Waals surface area contributed by atoms with Crippen molar-refractivity contribution in [3.8, 4) is 5.88 Å². The van der Waals surface area contributed by atoms with E-state index in [-0.39, 0.29) is 6.09 Å². The van der Waals surface area contributed by atoms with E-state index in [1.807, 2.05) is 13.0 Å². The van der Waals surface area contributed by atoms with E-state index in [0.29, 0.717) is 19.0 Å². The number of aryl methyl sites for hydroxylation is 1. The molecule has 0 aromatic carbocycles. The van der Waals surface area contributed by atoms with E-state index in [1.54, 1.807) is 11.1 Å². The third-order valence-corrected chi connectivity index (χ3v) is 2.99. The number of aromatic nitrogens is 1. The first-order valence-corrected chi connectivity index (χ1v) is 6.26. The van der Waals surface area contributed by atoms with Crippen LogP contribution >= 0.6 is 15.9 Å². The summed E-state index contributed by atoms with van der Waals surface area (Å²) < 4.78 is 6.14. The van der Waals surface area contributed by atoms with Crippen molar-refractivity contribution in [1.29, 1.82) is 0 Å². The minimum atomic E-state index is -0.329. The number of halogens is 1. The van der Waals surface area contributed by atoms with Crippen molar-refractivity contribution in [1.82, 2.24) is 15.2 Å². The molecule has 2 rings (SSSR count). The zero-order valence-corrected chi connectivity index (χ0v) is 11.2. The summed E-state index contributed by atoms with van der Waals surface area (Å²) in [6.45, 7) is 4.82. The minimum Gasteiger partial charge on any atom is -0.391 e. The van der Waals surface area contributed by atoms with Gasteiger partial charge in [-0.3, -0.25) is 0 Å². The van der Waals surface area contributed by atoms with Crippen LogP contribution in [0.5, 0.6) is 5.88 Å². The summed E-state index contributed by atoms with van der Waals surface area (Å²) in [4.78, 5) is 17.6. The molecule has 1 aliphatic heterocycles. The monoisotopic (exact) mass is 299 g/mol. The highest BCUT2D eigenvalue weighted by molar-refractivity contribution is 9.10. The Hall–Kier alpha value is -1.14. The number of carbonyl (C=O) groups excluding carboxylic acids is 1. The topological polar surface area (TPSA) is 54.5 Å². The average molecular weight is 300 g/mol. The summed E-state index contributed by atoms with van der Waals surface area (Å²) in [7, 11) is 0. The first-order chi connectivity index (χ1) is 8.16. The highest BCUT2D eigenvalue weighted by Gasteiger charge is 2.19. The third-order valence-electron chi connectivity index (χ3n) is 2.56. The number of piperazine rings is 1. The van der Waals surface area contributed by atoms with Gasteiger partial charge in [0.05, 0.1) is 0 Å². The predicted molar refractivity (Wildman–Crippen MR) is 67.1 cm³/mol. The summed E-state index contributed by atoms with van der Waals surface area (Å²) >= 11 is 3.32. The van der Waals surface area contributed by atoms with Crippen LogP contribution in [0.3, 0.4) is 0 Å². The molecule has 0 atom stereocenters. The van der Waals surface area contributed by atoms with Crippen LogP contribution in [-0.4, -0.2) is 42.2 Å². The van der Waals surface area contributed by atoms with E-state index >= 15 is 0 Å². The van der Waals surface area contributed by atoms with Crippen LogP contribution in [-0.2, 0) is 0 Å². The molecular formula is C11H14BrN3O2. The second kappa shape index (κ2) is 5.46. The molecule has 0 unspecified atom stereocenters. The second-order valence-electron chi connectivity index (χ2n) is 3.88. The van der Waals surface area contributed by atoms with E-state index in [0.717, 1.165) is 23.1 Å². The van der Waals surface area contributed by atoms with Crippen LogP contribution in [0.25, 0.3) is 0 Å². The maximum Gasteiger partial charge on any atom is 0.416 e. The van der Waals surface area contributed by atoms with Gasteiger partial charge in [0.2, 0.25) is 5.88 Å². The van der Waals surface area contributed by atoms with Crippen molar-refractivity contribution in [3.05, 3.63) is 22.3 Å². The highest BCUT2D eigenvalue weighted by Crippen LogP contribution is 2.19. The number of nitrogens with zero attached hydrogens (tertiary/aromatic N) is 2. The molecule has 1 N–H and O–H groups in total. The van der Waals surface area contributed by atoms with Crippen LogP contribution < -0.4 is 10.1 Å². The zero-order valence-electron chi connectivity index (χ0n) is 9.57. The molecule has 2 heterocycles. The van der Waals surface area contributed by atoms with Gasteiger partial charge >= 0.3 is 6.09 Å². The fraction of sp³-hybridized carbons (Fsp3) is 0.455. The van der Waals surface area contributed by atoms with Gasteiger partial charge in [0.25, 0.3) is 0 Å². The highest BCUT2D eigenvalue weighted by atomic mass is 79.9. The third kappa shape index (κ3) is 3.17. The van der Waals surface area contributed by atoms with Crippen LogP contribution in [0.15, 0.2) is 16.7 Å². The molecule has 5 nitrogen and oxygen atoms in total. The molecule has 0 spiro atoms. The molecule has 1 fully saturated rings. The fourth-order valence-electron chi connectivity index (χ4n) is 1.63. The normalized spacial score (nSPS) is 15.8. The van der Waals surface area contributed by atoms with Crippen LogP contribution in [0.4, 0.5) is 4.79 Å². The van der Waals surface area contributed by atoms with Crippen LogP contribution in [0.1, 0.15) is 5.56 Å². The predicted octanol–water partition coefficient (Wildman–Crippen LogP) is 1.56. The molecule has 1 amide bonds. The number of rotatable bonds is 1. The summed E-state index contributed by atoms with van der Waals surface area (Å²) in [6.07, 6.45) is 1.29. The number of nitrogens with one attached hydrogen (secondary N) is 1. The van der Waals surface area contributed by atoms with E-state index in [4.69, 9.17) is 4.74 Å². The van der Waals surface area contributed by atoms with Crippen molar-refractivity contribution in [2.75, 3.05) is 26.2 Å². The summed E-state index contributed by atoms with van der Waals surface area (Å²) in [5.41, 5.74) is 0.836. The molecule has 0 bridgehead atoms. The average Bonchev–Trinajstić information content (AvgIpc) is 2.34. The SMILES string of the molecule is Cc1cc(Br)cnc1OC(=O)N1CCNCC1. The lowest BCUT2D eigenvalue weighted by Gasteiger charge is -2.26. The van der Waals surface area contributed by atoms with Crippen molar-refractivity contribution >= 4 is 22.0 Å². The maximum absolute atomic E-state index is 11.8. The van der Waals surface area contributed by atoms with Gasteiger partial charge in [0, 0.05) is 42.4 Å². The Balaban J connectivity index is 2.02. The lowest BCUT2D eigenvalue weighted by atomic mass is 10.3. The summed E-state index contributed by atoms with van der Waals surface area (Å²) in [6, 6.07) is 1.87. The molecular weight excluding hydrogens is 286 g/mol. The quantitative estimate of drug-likeness (QED) is 0.855. The molecule has 0 aliphatic carbocycles. The standard InChI is InChI=1S/C11H14BrN3O2/c1-8-6-9(12)7-14-10(8)17-11(16)15-4-2-13-3-5-15/h6-7,13H,2-5H2,1H3. The summed E-state index contributed by atoms with van der Waals surface area (Å²) in [5.74, 6) is 0.372. The largest absolute Gasteiger partial charge is 0.416 e. The molecule has 17 heavy (non-hydrogen) atoms. The van der Waals surface area contributed by atoms with Crippen molar-refractivity contribution in [2.45, 2.75) is 6.92 Å². The van der Waals surface area contributed by atoms with Gasteiger partial charge in [-0.2, -0.15) is 0 Å². The van der Waals surface area contributed by atoms with Gasteiger partial charge in [-0.1, -0.05) is 0 Å². The lowest BCUT2D eigenvalue weighted by molar-refractivity contribution is 0.144. The Morgan fingerprint density at radius 1 is 1.53 bits per heavy atom. The van der Waals surface area contributed by atoms with Crippen molar-refractivity contribution in [2.24, 2.45) is 0 Å². The number of carbonyl (C=O) groups is 1. The van der Waals surface area contributed by atoms with Gasteiger partial charge in [-0.05, 0) is 28.9 Å². The van der Waals surface area contributed by atoms with Crippen LogP contribution in [0, 0.1) is 6.92 Å². The molecule has 92 valence electrons. The van der Waals surface area contributed by atoms with Gasteiger partial charge < -0.3 is 15.0 Å². The lowest BCUT2D eigenvalue weighted by Crippen LogP contribution is -2.47. The molecule has 1 aromatic rings. The molecule has 1 saturated heterocycles. The maximum atomic E-state index is 11.8. The van der Waals surface area contributed by atoms with E-state index < -0.39 is 0 Å². The van der Waals surface area contributed by atoms with Gasteiger partial charge in [0.15, 0.2) is 0 Å². The number of amides is 1. The first kappa shape index (κ1) is 12.3. The van der Waals surface area contributed by atoms with Crippen molar-refractivity contribution in [3.63, 3.8) is 0 Å². The Morgan fingerprint density at radius 3 is 2.88 bits per heavy atom. The molecule has 1 aromatic heterocycles. The van der Waals surface area contributed by atoms with E-state index in [1.165, 1.54) is 0 Å². The smallest absolute Gasteiger partial charge is 0.391 e. The van der Waals surface area contributed by atoms with Crippen LogP contribution in [0.2, 0.25) is 0 Å². The Labute approximate surface area is 108 Å². The Morgan fingerprint density at radius 2 is 2.24 bits per heavy atom. The van der Waals surface area contributed by atoms with Gasteiger partial charge in [-0.15, -0.1) is 0 Å². The van der Waals surface area contributed by atoms with E-state index in [9.17, 15) is 4.79 Å². The summed E-state index contributed by atoms with van der Waals surface area (Å²) in [5, 5.41) is 3.18. The zero-order chi connectivity index (χ0) is 12.3. The number of ether oxygens (including phenoxy) is 1. The first-order valence-electron chi connectivity index (χ1n) is 5.46. The second-order valence-corrected chi connectivity index (χ2v) is 4.80. The van der Waals surface area contributed by atoms with Gasteiger partial charge in [0.1, 0.15) is 0 Å². The van der Waals surface area contributed by atoms with Gasteiger partial charge in [-0.25, -0.2) is 9.78 Å². The fourth-order valence-corrected chi connectivity index (χ4v) is 2.08. The Bertz CT molecular complexity index is 419. The molecule has 0 radical (unpaired) electrons. The number of hydrogen-bond donors (Lipinski definition) is 1. The number of pyridine rings is 1. The number of hydrogen-bond acceptors (Lipinski definition) is 4. The minimum absolute atomic E-state index is 0.329. The van der Waals surface area contributed by atoms with E-state index in [2.05, 4.69) is 26.2 Å². The molecule has 1 aliphatic rings. The molecule has 6 heteroatoms. The van der Waals surface area contributed by atoms with Crippen molar-refractivity contribution < 1.29 is 9.53 Å². The molecule has 0 saturated carbocycles.